The summed E-state index contributed by atoms with van der Waals surface area (Å²) in [6, 6.07) is 5.15. The third-order valence-corrected chi connectivity index (χ3v) is 2.53. The monoisotopic (exact) mass is 255 g/mol. The predicted octanol–water partition coefficient (Wildman–Crippen LogP) is 1.34. The Labute approximate surface area is 106 Å². The van der Waals surface area contributed by atoms with Gasteiger partial charge in [-0.05, 0) is 30.2 Å². The second-order valence-electron chi connectivity index (χ2n) is 4.34. The molecule has 0 aliphatic rings. The Morgan fingerprint density at radius 2 is 2.00 bits per heavy atom. The molecule has 0 aliphatic carbocycles. The van der Waals surface area contributed by atoms with E-state index in [0.29, 0.717) is 5.75 Å². The fourth-order valence-corrected chi connectivity index (χ4v) is 1.35. The molecule has 100 valence electrons. The summed E-state index contributed by atoms with van der Waals surface area (Å²) in [6.07, 6.45) is 0. The van der Waals surface area contributed by atoms with E-state index in [1.54, 1.807) is 0 Å². The number of hydrogen-bond donors (Lipinski definition) is 2. The molecule has 0 bridgehead atoms. The molecule has 0 saturated heterocycles. The molecule has 0 fully saturated rings. The second-order valence-corrected chi connectivity index (χ2v) is 4.34. The Morgan fingerprint density at radius 3 is 2.50 bits per heavy atom. The molecule has 4 nitrogen and oxygen atoms in total. The van der Waals surface area contributed by atoms with Crippen molar-refractivity contribution < 1.29 is 19.0 Å². The fraction of sp³-hybridized carbons (Fsp3) is 0.462. The lowest BCUT2D eigenvalue weighted by molar-refractivity contribution is -0.124. The Kier molecular flexibility index (Phi) is 5.58. The molecule has 0 heterocycles. The average molecular weight is 255 g/mol. The van der Waals surface area contributed by atoms with E-state index in [1.165, 1.54) is 24.3 Å². The van der Waals surface area contributed by atoms with Crippen molar-refractivity contribution >= 4 is 5.91 Å². The van der Waals surface area contributed by atoms with Crippen molar-refractivity contribution in [2.45, 2.75) is 19.9 Å². The molecule has 1 atom stereocenters. The molecule has 18 heavy (non-hydrogen) atoms. The first-order valence-electron chi connectivity index (χ1n) is 5.81. The molecule has 2 N–H and O–H groups in total. The first-order valence-corrected chi connectivity index (χ1v) is 5.81. The highest BCUT2D eigenvalue weighted by Gasteiger charge is 2.15. The van der Waals surface area contributed by atoms with Gasteiger partial charge in [0.25, 0.3) is 5.91 Å². The van der Waals surface area contributed by atoms with Gasteiger partial charge in [-0.3, -0.25) is 4.79 Å². The van der Waals surface area contributed by atoms with Crippen molar-refractivity contribution in [3.05, 3.63) is 30.1 Å². The van der Waals surface area contributed by atoms with E-state index in [2.05, 4.69) is 5.32 Å². The number of aliphatic hydroxyl groups is 1. The smallest absolute Gasteiger partial charge is 0.258 e. The van der Waals surface area contributed by atoms with Gasteiger partial charge >= 0.3 is 0 Å². The van der Waals surface area contributed by atoms with Crippen LogP contribution < -0.4 is 10.1 Å². The molecule has 0 aromatic heterocycles. The van der Waals surface area contributed by atoms with Crippen molar-refractivity contribution in [1.29, 1.82) is 0 Å². The maximum Gasteiger partial charge on any atom is 0.258 e. The molecule has 1 aromatic carbocycles. The van der Waals surface area contributed by atoms with Crippen molar-refractivity contribution in [2.24, 2.45) is 5.92 Å². The van der Waals surface area contributed by atoms with Gasteiger partial charge in [0.2, 0.25) is 0 Å². The van der Waals surface area contributed by atoms with Gasteiger partial charge in [0.05, 0.1) is 12.6 Å². The third kappa shape index (κ3) is 4.71. The summed E-state index contributed by atoms with van der Waals surface area (Å²) in [4.78, 5) is 11.5. The number of aliphatic hydroxyl groups excluding tert-OH is 1. The zero-order valence-electron chi connectivity index (χ0n) is 10.5. The molecule has 0 saturated carbocycles. The van der Waals surface area contributed by atoms with Gasteiger partial charge in [-0.25, -0.2) is 4.39 Å². The number of halogens is 1. The standard InChI is InChI=1S/C13H18FNO3/c1-9(2)12(7-16)15-13(17)8-18-11-5-3-10(14)4-6-11/h3-6,9,12,16H,7-8H2,1-2H3,(H,15,17)/t12-/m1/s1. The molecular weight excluding hydrogens is 237 g/mol. The molecular formula is C13H18FNO3. The minimum Gasteiger partial charge on any atom is -0.484 e. The Bertz CT molecular complexity index is 378. The van der Waals surface area contributed by atoms with Crippen molar-refractivity contribution in [2.75, 3.05) is 13.2 Å². The fourth-order valence-electron chi connectivity index (χ4n) is 1.35. The summed E-state index contributed by atoms with van der Waals surface area (Å²) >= 11 is 0. The van der Waals surface area contributed by atoms with Crippen LogP contribution in [0.2, 0.25) is 0 Å². The zero-order chi connectivity index (χ0) is 13.5. The summed E-state index contributed by atoms with van der Waals surface area (Å²) in [5.41, 5.74) is 0. The highest BCUT2D eigenvalue weighted by atomic mass is 19.1. The van der Waals surface area contributed by atoms with Crippen LogP contribution in [0.4, 0.5) is 4.39 Å². The van der Waals surface area contributed by atoms with Gasteiger partial charge in [0.15, 0.2) is 6.61 Å². The first kappa shape index (κ1) is 14.4. The predicted molar refractivity (Wildman–Crippen MR) is 65.7 cm³/mol. The van der Waals surface area contributed by atoms with E-state index >= 15 is 0 Å². The zero-order valence-corrected chi connectivity index (χ0v) is 10.5. The van der Waals surface area contributed by atoms with Crippen molar-refractivity contribution in [3.63, 3.8) is 0 Å². The Morgan fingerprint density at radius 1 is 1.39 bits per heavy atom. The van der Waals surface area contributed by atoms with Gasteiger partial charge < -0.3 is 15.2 Å². The molecule has 1 aromatic rings. The molecule has 1 rings (SSSR count). The van der Waals surface area contributed by atoms with Gasteiger partial charge in [0, 0.05) is 0 Å². The lowest BCUT2D eigenvalue weighted by Crippen LogP contribution is -2.43. The van der Waals surface area contributed by atoms with Crippen LogP contribution in [0.1, 0.15) is 13.8 Å². The highest BCUT2D eigenvalue weighted by Crippen LogP contribution is 2.10. The average Bonchev–Trinajstić information content (AvgIpc) is 2.35. The van der Waals surface area contributed by atoms with E-state index in [0.717, 1.165) is 0 Å². The second kappa shape index (κ2) is 6.96. The number of amides is 1. The van der Waals surface area contributed by atoms with Crippen LogP contribution in [0.25, 0.3) is 0 Å². The van der Waals surface area contributed by atoms with Crippen LogP contribution in [0.15, 0.2) is 24.3 Å². The number of benzene rings is 1. The van der Waals surface area contributed by atoms with E-state index in [1.807, 2.05) is 13.8 Å². The van der Waals surface area contributed by atoms with E-state index < -0.39 is 0 Å². The molecule has 5 heteroatoms. The van der Waals surface area contributed by atoms with Crippen LogP contribution in [0.3, 0.4) is 0 Å². The minimum atomic E-state index is -0.355. The Hall–Kier alpha value is -1.62. The van der Waals surface area contributed by atoms with Gasteiger partial charge in [0.1, 0.15) is 11.6 Å². The normalized spacial score (nSPS) is 12.3. The first-order chi connectivity index (χ1) is 8.52. The summed E-state index contributed by atoms with van der Waals surface area (Å²) in [5, 5.41) is 11.7. The van der Waals surface area contributed by atoms with Gasteiger partial charge in [-0.1, -0.05) is 13.8 Å². The number of ether oxygens (including phenoxy) is 1. The number of carbonyl (C=O) groups excluding carboxylic acids is 1. The third-order valence-electron chi connectivity index (χ3n) is 2.53. The summed E-state index contributed by atoms with van der Waals surface area (Å²) in [6.45, 7) is 3.54. The van der Waals surface area contributed by atoms with E-state index in [4.69, 9.17) is 9.84 Å². The molecule has 0 aliphatic heterocycles. The summed E-state index contributed by atoms with van der Waals surface area (Å²) in [5.74, 6) is -0.0968. The van der Waals surface area contributed by atoms with E-state index in [-0.39, 0.29) is 36.9 Å². The molecule has 0 unspecified atom stereocenters. The van der Waals surface area contributed by atoms with Crippen LogP contribution in [-0.2, 0) is 4.79 Å². The summed E-state index contributed by atoms with van der Waals surface area (Å²) < 4.78 is 17.8. The van der Waals surface area contributed by atoms with Crippen molar-refractivity contribution in [3.8, 4) is 5.75 Å². The number of hydrogen-bond acceptors (Lipinski definition) is 3. The minimum absolute atomic E-state index is 0.111. The largest absolute Gasteiger partial charge is 0.484 e. The van der Waals surface area contributed by atoms with Crippen molar-refractivity contribution in [1.82, 2.24) is 5.32 Å². The lowest BCUT2D eigenvalue weighted by Gasteiger charge is -2.19. The number of nitrogens with one attached hydrogen (secondary N) is 1. The molecule has 0 spiro atoms. The Balaban J connectivity index is 2.39. The molecule has 1 amide bonds. The number of carbonyl (C=O) groups is 1. The van der Waals surface area contributed by atoms with E-state index in [9.17, 15) is 9.18 Å². The SMILES string of the molecule is CC(C)[C@@H](CO)NC(=O)COc1ccc(F)cc1. The maximum atomic E-state index is 12.6. The van der Waals surface area contributed by atoms with Crippen LogP contribution in [-0.4, -0.2) is 30.3 Å². The van der Waals surface area contributed by atoms with Gasteiger partial charge in [-0.2, -0.15) is 0 Å². The van der Waals surface area contributed by atoms with Gasteiger partial charge in [-0.15, -0.1) is 0 Å². The van der Waals surface area contributed by atoms with Crippen LogP contribution >= 0.6 is 0 Å². The lowest BCUT2D eigenvalue weighted by atomic mass is 10.1. The summed E-state index contributed by atoms with van der Waals surface area (Å²) in [7, 11) is 0. The quantitative estimate of drug-likeness (QED) is 0.806. The topological polar surface area (TPSA) is 58.6 Å². The van der Waals surface area contributed by atoms with Crippen LogP contribution in [0.5, 0.6) is 5.75 Å². The van der Waals surface area contributed by atoms with Crippen LogP contribution in [0, 0.1) is 11.7 Å². The molecule has 0 radical (unpaired) electrons. The number of rotatable bonds is 6. The highest BCUT2D eigenvalue weighted by molar-refractivity contribution is 5.77. The maximum absolute atomic E-state index is 12.6.